The number of esters is 1. The van der Waals surface area contributed by atoms with Crippen molar-refractivity contribution in [1.29, 1.82) is 0 Å². The first kappa shape index (κ1) is 20.9. The number of carbonyl (C=O) groups excluding carboxylic acids is 2. The highest BCUT2D eigenvalue weighted by molar-refractivity contribution is 5.95. The van der Waals surface area contributed by atoms with Crippen molar-refractivity contribution in [3.8, 4) is 0 Å². The Bertz CT molecular complexity index is 964. The second kappa shape index (κ2) is 9.22. The van der Waals surface area contributed by atoms with Crippen LogP contribution in [0.5, 0.6) is 0 Å². The van der Waals surface area contributed by atoms with Gasteiger partial charge in [0.15, 0.2) is 0 Å². The molecule has 0 aromatic heterocycles. The van der Waals surface area contributed by atoms with Crippen LogP contribution < -0.4 is 15.5 Å². The summed E-state index contributed by atoms with van der Waals surface area (Å²) in [7, 11) is 1.37. The Balaban J connectivity index is 1.54. The van der Waals surface area contributed by atoms with Gasteiger partial charge in [-0.05, 0) is 24.6 Å². The van der Waals surface area contributed by atoms with Gasteiger partial charge in [0, 0.05) is 44.1 Å². The fraction of sp³-hybridized carbons (Fsp3) is 0.333. The Labute approximate surface area is 182 Å². The summed E-state index contributed by atoms with van der Waals surface area (Å²) < 4.78 is 5.08. The van der Waals surface area contributed by atoms with E-state index in [4.69, 9.17) is 4.74 Å². The molecule has 2 aliphatic heterocycles. The number of benzene rings is 2. The first-order valence-electron chi connectivity index (χ1n) is 10.5. The monoisotopic (exact) mass is 420 g/mol. The molecule has 2 heterocycles. The van der Waals surface area contributed by atoms with Crippen LogP contribution in [0.2, 0.25) is 0 Å². The van der Waals surface area contributed by atoms with Crippen LogP contribution in [0.25, 0.3) is 0 Å². The number of para-hydroxylation sites is 1. The number of amides is 2. The first-order valence-corrected chi connectivity index (χ1v) is 10.5. The standard InChI is InChI=1S/C24H28N4O3/c1-17-8-10-18(11-9-17)22-21(23(29)31-2)20(25-24(30)26-22)16-27-12-14-28(15-13-27)19-6-4-3-5-7-19/h3-11,22H,12-16H2,1-2H3,(H2,25,26,30)/t22-/m0/s1. The lowest BCUT2D eigenvalue weighted by atomic mass is 9.94. The van der Waals surface area contributed by atoms with Crippen molar-refractivity contribution in [3.63, 3.8) is 0 Å². The van der Waals surface area contributed by atoms with Crippen molar-refractivity contribution in [2.24, 2.45) is 0 Å². The van der Waals surface area contributed by atoms with Gasteiger partial charge in [-0.3, -0.25) is 4.90 Å². The number of hydrogen-bond donors (Lipinski definition) is 2. The maximum atomic E-state index is 12.7. The van der Waals surface area contributed by atoms with E-state index in [0.717, 1.165) is 37.3 Å². The van der Waals surface area contributed by atoms with Gasteiger partial charge in [0.1, 0.15) is 0 Å². The van der Waals surface area contributed by atoms with Crippen LogP contribution in [-0.2, 0) is 9.53 Å². The number of urea groups is 1. The molecule has 1 fully saturated rings. The number of ether oxygens (including phenoxy) is 1. The largest absolute Gasteiger partial charge is 0.466 e. The SMILES string of the molecule is COC(=O)C1=C(CN2CCN(c3ccccc3)CC2)NC(=O)N[C@H]1c1ccc(C)cc1. The molecular weight excluding hydrogens is 392 g/mol. The number of anilines is 1. The van der Waals surface area contributed by atoms with Crippen LogP contribution in [0.4, 0.5) is 10.5 Å². The Morgan fingerprint density at radius 2 is 1.71 bits per heavy atom. The van der Waals surface area contributed by atoms with Crippen LogP contribution in [0, 0.1) is 6.92 Å². The molecule has 7 nitrogen and oxygen atoms in total. The molecule has 2 amide bonds. The number of methoxy groups -OCH3 is 1. The molecule has 0 spiro atoms. The molecule has 0 aliphatic carbocycles. The summed E-state index contributed by atoms with van der Waals surface area (Å²) in [6, 6.07) is 17.3. The average Bonchev–Trinajstić information content (AvgIpc) is 2.80. The Hall–Kier alpha value is -3.32. The van der Waals surface area contributed by atoms with E-state index in [0.29, 0.717) is 17.8 Å². The minimum atomic E-state index is -0.539. The zero-order valence-corrected chi connectivity index (χ0v) is 17.9. The van der Waals surface area contributed by atoms with Crippen molar-refractivity contribution in [1.82, 2.24) is 15.5 Å². The third kappa shape index (κ3) is 4.72. The summed E-state index contributed by atoms with van der Waals surface area (Å²) in [4.78, 5) is 29.7. The number of hydrogen-bond acceptors (Lipinski definition) is 5. The minimum Gasteiger partial charge on any atom is -0.466 e. The van der Waals surface area contributed by atoms with Gasteiger partial charge in [-0.15, -0.1) is 0 Å². The third-order valence-electron chi connectivity index (χ3n) is 5.84. The topological polar surface area (TPSA) is 73.9 Å². The van der Waals surface area contributed by atoms with E-state index in [9.17, 15) is 9.59 Å². The quantitative estimate of drug-likeness (QED) is 0.728. The maximum Gasteiger partial charge on any atom is 0.338 e. The highest BCUT2D eigenvalue weighted by atomic mass is 16.5. The summed E-state index contributed by atoms with van der Waals surface area (Å²) >= 11 is 0. The summed E-state index contributed by atoms with van der Waals surface area (Å²) in [5.74, 6) is -0.434. The molecule has 2 aromatic rings. The van der Waals surface area contributed by atoms with Gasteiger partial charge in [-0.2, -0.15) is 0 Å². The van der Waals surface area contributed by atoms with E-state index in [1.165, 1.54) is 12.8 Å². The predicted octanol–water partition coefficient (Wildman–Crippen LogP) is 2.60. The number of piperazine rings is 1. The Morgan fingerprint density at radius 3 is 2.35 bits per heavy atom. The highest BCUT2D eigenvalue weighted by Crippen LogP contribution is 2.28. The number of aryl methyl sites for hydroxylation is 1. The van der Waals surface area contributed by atoms with Gasteiger partial charge in [-0.1, -0.05) is 48.0 Å². The first-order chi connectivity index (χ1) is 15.0. The Morgan fingerprint density at radius 1 is 1.03 bits per heavy atom. The fourth-order valence-electron chi connectivity index (χ4n) is 4.13. The van der Waals surface area contributed by atoms with Crippen molar-refractivity contribution >= 4 is 17.7 Å². The molecule has 31 heavy (non-hydrogen) atoms. The molecule has 2 aromatic carbocycles. The number of rotatable bonds is 5. The second-order valence-corrected chi connectivity index (χ2v) is 7.92. The number of nitrogens with zero attached hydrogens (tertiary/aromatic N) is 2. The second-order valence-electron chi connectivity index (χ2n) is 7.92. The van der Waals surface area contributed by atoms with Crippen LogP contribution in [0.15, 0.2) is 65.9 Å². The molecule has 0 unspecified atom stereocenters. The molecule has 2 aliphatic rings. The lowest BCUT2D eigenvalue weighted by molar-refractivity contribution is -0.136. The van der Waals surface area contributed by atoms with Crippen LogP contribution in [-0.4, -0.2) is 56.7 Å². The zero-order valence-electron chi connectivity index (χ0n) is 17.9. The minimum absolute atomic E-state index is 0.309. The molecule has 2 N–H and O–H groups in total. The molecule has 1 saturated heterocycles. The molecular formula is C24H28N4O3. The van der Waals surface area contributed by atoms with Crippen LogP contribution >= 0.6 is 0 Å². The van der Waals surface area contributed by atoms with Gasteiger partial charge in [-0.25, -0.2) is 9.59 Å². The van der Waals surface area contributed by atoms with Crippen molar-refractivity contribution in [3.05, 3.63) is 77.0 Å². The van der Waals surface area contributed by atoms with E-state index in [1.807, 2.05) is 49.4 Å². The van der Waals surface area contributed by atoms with Gasteiger partial charge < -0.3 is 20.3 Å². The van der Waals surface area contributed by atoms with Crippen LogP contribution in [0.3, 0.4) is 0 Å². The van der Waals surface area contributed by atoms with E-state index in [-0.39, 0.29) is 6.03 Å². The average molecular weight is 421 g/mol. The molecule has 1 atom stereocenters. The lowest BCUT2D eigenvalue weighted by Crippen LogP contribution is -2.51. The molecule has 0 radical (unpaired) electrons. The molecule has 162 valence electrons. The molecule has 7 heteroatoms. The smallest absolute Gasteiger partial charge is 0.338 e. The van der Waals surface area contributed by atoms with Gasteiger partial charge in [0.2, 0.25) is 0 Å². The summed E-state index contributed by atoms with van der Waals surface area (Å²) in [6.45, 7) is 5.94. The normalized spacial score (nSPS) is 19.6. The van der Waals surface area contributed by atoms with Gasteiger partial charge in [0.25, 0.3) is 0 Å². The molecule has 0 bridgehead atoms. The lowest BCUT2D eigenvalue weighted by Gasteiger charge is -2.38. The summed E-state index contributed by atoms with van der Waals surface area (Å²) in [5, 5.41) is 5.73. The molecule has 0 saturated carbocycles. The summed E-state index contributed by atoms with van der Waals surface area (Å²) in [5.41, 5.74) is 4.24. The van der Waals surface area contributed by atoms with Gasteiger partial charge in [0.05, 0.1) is 18.7 Å². The van der Waals surface area contributed by atoms with Gasteiger partial charge >= 0.3 is 12.0 Å². The molecule has 4 rings (SSSR count). The number of nitrogens with one attached hydrogen (secondary N) is 2. The van der Waals surface area contributed by atoms with E-state index < -0.39 is 12.0 Å². The zero-order chi connectivity index (χ0) is 21.8. The van der Waals surface area contributed by atoms with Crippen molar-refractivity contribution < 1.29 is 14.3 Å². The predicted molar refractivity (Wildman–Crippen MR) is 120 cm³/mol. The van der Waals surface area contributed by atoms with E-state index in [1.54, 1.807) is 0 Å². The fourth-order valence-corrected chi connectivity index (χ4v) is 4.13. The maximum absolute atomic E-state index is 12.7. The van der Waals surface area contributed by atoms with Crippen molar-refractivity contribution in [2.75, 3.05) is 44.7 Å². The van der Waals surface area contributed by atoms with Crippen molar-refractivity contribution in [2.45, 2.75) is 13.0 Å². The van der Waals surface area contributed by atoms with Crippen LogP contribution in [0.1, 0.15) is 17.2 Å². The van der Waals surface area contributed by atoms with E-state index >= 15 is 0 Å². The highest BCUT2D eigenvalue weighted by Gasteiger charge is 2.34. The Kier molecular flexibility index (Phi) is 6.23. The number of carbonyl (C=O) groups is 2. The summed E-state index contributed by atoms with van der Waals surface area (Å²) in [6.07, 6.45) is 0. The van der Waals surface area contributed by atoms with E-state index in [2.05, 4.69) is 32.6 Å². The third-order valence-corrected chi connectivity index (χ3v) is 5.84.